The molecule has 0 saturated heterocycles. The molecular formula is C27H27ClN2O5S. The van der Waals surface area contributed by atoms with Gasteiger partial charge in [0, 0.05) is 16.3 Å². The molecule has 1 aliphatic rings. The third-order valence-electron chi connectivity index (χ3n) is 6.36. The van der Waals surface area contributed by atoms with Crippen LogP contribution in [0.2, 0.25) is 5.02 Å². The van der Waals surface area contributed by atoms with Gasteiger partial charge in [0.1, 0.15) is 6.10 Å². The van der Waals surface area contributed by atoms with Gasteiger partial charge in [-0.1, -0.05) is 54.8 Å². The number of rotatable bonds is 7. The van der Waals surface area contributed by atoms with Crippen molar-refractivity contribution in [3.8, 4) is 10.4 Å². The van der Waals surface area contributed by atoms with E-state index in [0.717, 1.165) is 28.8 Å². The van der Waals surface area contributed by atoms with Gasteiger partial charge in [-0.15, -0.1) is 11.3 Å². The van der Waals surface area contributed by atoms with E-state index in [1.165, 1.54) is 11.3 Å². The number of aliphatic carboxylic acids is 1. The van der Waals surface area contributed by atoms with Crippen molar-refractivity contribution in [3.05, 3.63) is 70.6 Å². The fourth-order valence-electron chi connectivity index (χ4n) is 4.48. The standard InChI is InChI=1S/C27H27ClN2O5S/c1-16(19-6-4-5-9-22(19)28)35-27(34)30-23-14-15-36-24(23)17-10-12-18(13-11-17)29-25(31)20-7-2-3-8-21(20)26(32)33/h4-6,9-16,20-21H,2-3,7-8H2,1H3,(H,29,31)(H,30,34)(H,32,33)/t16?,20-,21+/m0/s1. The van der Waals surface area contributed by atoms with Crippen molar-refractivity contribution in [2.45, 2.75) is 38.7 Å². The predicted molar refractivity (Wildman–Crippen MR) is 141 cm³/mol. The fourth-order valence-corrected chi connectivity index (χ4v) is 5.63. The monoisotopic (exact) mass is 526 g/mol. The van der Waals surface area contributed by atoms with E-state index < -0.39 is 30.0 Å². The number of anilines is 2. The largest absolute Gasteiger partial charge is 0.481 e. The van der Waals surface area contributed by atoms with Gasteiger partial charge < -0.3 is 15.2 Å². The first-order valence-electron chi connectivity index (χ1n) is 11.8. The SMILES string of the molecule is CC(OC(=O)Nc1ccsc1-c1ccc(NC(=O)[C@H]2CCCC[C@H]2C(=O)O)cc1)c1ccccc1Cl. The smallest absolute Gasteiger partial charge is 0.412 e. The molecule has 1 saturated carbocycles. The molecule has 0 bridgehead atoms. The van der Waals surface area contributed by atoms with Crippen LogP contribution in [0.25, 0.3) is 10.4 Å². The quantitative estimate of drug-likeness (QED) is 0.302. The zero-order chi connectivity index (χ0) is 25.7. The summed E-state index contributed by atoms with van der Waals surface area (Å²) in [5.74, 6) is -2.34. The maximum atomic E-state index is 12.7. The number of carbonyl (C=O) groups is 3. The van der Waals surface area contributed by atoms with E-state index in [-0.39, 0.29) is 5.91 Å². The molecule has 1 aliphatic carbocycles. The van der Waals surface area contributed by atoms with E-state index in [4.69, 9.17) is 16.3 Å². The number of halogens is 1. The Morgan fingerprint density at radius 1 is 1.00 bits per heavy atom. The Balaban J connectivity index is 1.39. The Kier molecular flexibility index (Phi) is 8.28. The lowest BCUT2D eigenvalue weighted by atomic mass is 9.78. The third kappa shape index (κ3) is 6.06. The number of carboxylic acids is 1. The number of hydrogen-bond acceptors (Lipinski definition) is 5. The second kappa shape index (κ2) is 11.6. The summed E-state index contributed by atoms with van der Waals surface area (Å²) < 4.78 is 5.51. The Bertz CT molecular complexity index is 1240. The highest BCUT2D eigenvalue weighted by molar-refractivity contribution is 7.14. The fraction of sp³-hybridized carbons (Fsp3) is 0.296. The molecule has 2 amide bonds. The second-order valence-corrected chi connectivity index (χ2v) is 10.1. The van der Waals surface area contributed by atoms with E-state index in [0.29, 0.717) is 29.2 Å². The van der Waals surface area contributed by atoms with Gasteiger partial charge in [-0.25, -0.2) is 4.79 Å². The molecule has 2 aromatic carbocycles. The summed E-state index contributed by atoms with van der Waals surface area (Å²) in [7, 11) is 0. The van der Waals surface area contributed by atoms with Crippen LogP contribution in [0.5, 0.6) is 0 Å². The average molecular weight is 527 g/mol. The number of carboxylic acid groups (broad SMARTS) is 1. The average Bonchev–Trinajstić information content (AvgIpc) is 3.32. The molecule has 1 aromatic heterocycles. The summed E-state index contributed by atoms with van der Waals surface area (Å²) in [6, 6.07) is 16.2. The van der Waals surface area contributed by atoms with Gasteiger partial charge in [-0.2, -0.15) is 0 Å². The molecule has 0 spiro atoms. The number of carbonyl (C=O) groups excluding carboxylic acids is 2. The van der Waals surface area contributed by atoms with Crippen LogP contribution in [0, 0.1) is 11.8 Å². The lowest BCUT2D eigenvalue weighted by molar-refractivity contribution is -0.147. The van der Waals surface area contributed by atoms with Crippen LogP contribution in [0.3, 0.4) is 0 Å². The molecule has 3 N–H and O–H groups in total. The van der Waals surface area contributed by atoms with Crippen molar-refractivity contribution in [3.63, 3.8) is 0 Å². The summed E-state index contributed by atoms with van der Waals surface area (Å²) in [4.78, 5) is 37.6. The molecule has 4 rings (SSSR count). The normalized spacial score (nSPS) is 18.2. The topological polar surface area (TPSA) is 105 Å². The third-order valence-corrected chi connectivity index (χ3v) is 7.67. The minimum Gasteiger partial charge on any atom is -0.481 e. The van der Waals surface area contributed by atoms with Gasteiger partial charge in [0.15, 0.2) is 0 Å². The molecule has 1 fully saturated rings. The van der Waals surface area contributed by atoms with Gasteiger partial charge in [-0.05, 0) is 55.0 Å². The zero-order valence-electron chi connectivity index (χ0n) is 19.7. The predicted octanol–water partition coefficient (Wildman–Crippen LogP) is 7.21. The summed E-state index contributed by atoms with van der Waals surface area (Å²) in [5, 5.41) is 17.5. The number of nitrogens with one attached hydrogen (secondary N) is 2. The molecular weight excluding hydrogens is 500 g/mol. The Labute approximate surface area is 218 Å². The molecule has 9 heteroatoms. The molecule has 1 heterocycles. The van der Waals surface area contributed by atoms with E-state index >= 15 is 0 Å². The molecule has 1 unspecified atom stereocenters. The Morgan fingerprint density at radius 3 is 2.39 bits per heavy atom. The highest BCUT2D eigenvalue weighted by atomic mass is 35.5. The van der Waals surface area contributed by atoms with Crippen molar-refractivity contribution in [2.75, 3.05) is 10.6 Å². The maximum Gasteiger partial charge on any atom is 0.412 e. The maximum absolute atomic E-state index is 12.7. The van der Waals surface area contributed by atoms with E-state index in [1.807, 2.05) is 35.7 Å². The minimum absolute atomic E-state index is 0.260. The highest BCUT2D eigenvalue weighted by Gasteiger charge is 2.35. The number of benzene rings is 2. The van der Waals surface area contributed by atoms with Crippen molar-refractivity contribution in [1.82, 2.24) is 0 Å². The summed E-state index contributed by atoms with van der Waals surface area (Å²) >= 11 is 7.66. The van der Waals surface area contributed by atoms with E-state index in [2.05, 4.69) is 10.6 Å². The lowest BCUT2D eigenvalue weighted by Gasteiger charge is -2.27. The molecule has 3 atom stereocenters. The molecule has 3 aromatic rings. The van der Waals surface area contributed by atoms with Crippen LogP contribution in [0.15, 0.2) is 60.0 Å². The van der Waals surface area contributed by atoms with Crippen molar-refractivity contribution in [2.24, 2.45) is 11.8 Å². The van der Waals surface area contributed by atoms with Gasteiger partial charge in [0.2, 0.25) is 5.91 Å². The van der Waals surface area contributed by atoms with Crippen molar-refractivity contribution < 1.29 is 24.2 Å². The second-order valence-electron chi connectivity index (χ2n) is 8.76. The van der Waals surface area contributed by atoms with Crippen LogP contribution >= 0.6 is 22.9 Å². The molecule has 36 heavy (non-hydrogen) atoms. The van der Waals surface area contributed by atoms with Gasteiger partial charge >= 0.3 is 12.1 Å². The number of ether oxygens (including phenoxy) is 1. The first-order chi connectivity index (χ1) is 17.3. The van der Waals surface area contributed by atoms with E-state index in [9.17, 15) is 19.5 Å². The summed E-state index contributed by atoms with van der Waals surface area (Å²) in [6.45, 7) is 1.76. The number of thiophene rings is 1. The number of amides is 2. The van der Waals surface area contributed by atoms with Crippen molar-refractivity contribution >= 4 is 52.3 Å². The van der Waals surface area contributed by atoms with Crippen LogP contribution in [-0.2, 0) is 14.3 Å². The van der Waals surface area contributed by atoms with Crippen LogP contribution in [-0.4, -0.2) is 23.1 Å². The van der Waals surface area contributed by atoms with Gasteiger partial charge in [0.25, 0.3) is 0 Å². The molecule has 0 radical (unpaired) electrons. The first-order valence-corrected chi connectivity index (χ1v) is 13.0. The molecule has 7 nitrogen and oxygen atoms in total. The zero-order valence-corrected chi connectivity index (χ0v) is 21.3. The summed E-state index contributed by atoms with van der Waals surface area (Å²) in [5.41, 5.74) is 2.79. The van der Waals surface area contributed by atoms with E-state index in [1.54, 1.807) is 31.2 Å². The van der Waals surface area contributed by atoms with Crippen LogP contribution in [0.1, 0.15) is 44.3 Å². The highest BCUT2D eigenvalue weighted by Crippen LogP contribution is 2.36. The Morgan fingerprint density at radius 2 is 1.69 bits per heavy atom. The van der Waals surface area contributed by atoms with Crippen molar-refractivity contribution in [1.29, 1.82) is 0 Å². The number of hydrogen-bond donors (Lipinski definition) is 3. The Hall–Kier alpha value is -3.36. The van der Waals surface area contributed by atoms with Crippen LogP contribution in [0.4, 0.5) is 16.2 Å². The molecule has 0 aliphatic heterocycles. The first kappa shape index (κ1) is 25.7. The lowest BCUT2D eigenvalue weighted by Crippen LogP contribution is -2.36. The minimum atomic E-state index is -0.914. The van der Waals surface area contributed by atoms with Gasteiger partial charge in [0.05, 0.1) is 22.4 Å². The molecule has 188 valence electrons. The van der Waals surface area contributed by atoms with Crippen LogP contribution < -0.4 is 10.6 Å². The van der Waals surface area contributed by atoms with Gasteiger partial charge in [-0.3, -0.25) is 14.9 Å². The summed E-state index contributed by atoms with van der Waals surface area (Å²) in [6.07, 6.45) is 1.68.